The molecule has 17 heavy (non-hydrogen) atoms. The van der Waals surface area contributed by atoms with Crippen LogP contribution in [-0.4, -0.2) is 11.1 Å². The molecule has 1 fully saturated rings. The average molecular weight is 232 g/mol. The lowest BCUT2D eigenvalue weighted by atomic mass is 9.75. The molecule has 1 rings (SSSR count). The van der Waals surface area contributed by atoms with Crippen molar-refractivity contribution in [3.63, 3.8) is 0 Å². The standard InChI is InChI=1S/C13H20N4/c1-4-12(2,10-15)16-17-13(3)8-6-5-7-11(13)9-14/h11H,4-8H2,1-3H3/b17-16+. The van der Waals surface area contributed by atoms with Crippen LogP contribution >= 0.6 is 0 Å². The Morgan fingerprint density at radius 3 is 2.65 bits per heavy atom. The minimum Gasteiger partial charge on any atom is -0.198 e. The summed E-state index contributed by atoms with van der Waals surface area (Å²) in [5.74, 6) is -0.0696. The van der Waals surface area contributed by atoms with Gasteiger partial charge in [0.2, 0.25) is 0 Å². The van der Waals surface area contributed by atoms with Gasteiger partial charge in [0.25, 0.3) is 0 Å². The van der Waals surface area contributed by atoms with E-state index in [9.17, 15) is 0 Å². The zero-order valence-corrected chi connectivity index (χ0v) is 10.9. The van der Waals surface area contributed by atoms with Crippen molar-refractivity contribution in [1.82, 2.24) is 0 Å². The van der Waals surface area contributed by atoms with Gasteiger partial charge in [-0.2, -0.15) is 20.8 Å². The second-order valence-electron chi connectivity index (χ2n) is 5.22. The van der Waals surface area contributed by atoms with Crippen molar-refractivity contribution in [2.75, 3.05) is 0 Å². The molecular formula is C13H20N4. The molecule has 3 atom stereocenters. The molecule has 0 heterocycles. The first-order chi connectivity index (χ1) is 7.99. The number of hydrogen-bond donors (Lipinski definition) is 0. The highest BCUT2D eigenvalue weighted by molar-refractivity contribution is 5.06. The first-order valence-electron chi connectivity index (χ1n) is 6.24. The van der Waals surface area contributed by atoms with Crippen molar-refractivity contribution in [3.05, 3.63) is 0 Å². The Labute approximate surface area is 103 Å². The van der Waals surface area contributed by atoms with E-state index >= 15 is 0 Å². The molecule has 0 spiro atoms. The summed E-state index contributed by atoms with van der Waals surface area (Å²) >= 11 is 0. The molecule has 0 aromatic heterocycles. The highest BCUT2D eigenvalue weighted by Gasteiger charge is 2.37. The van der Waals surface area contributed by atoms with Crippen LogP contribution in [0.1, 0.15) is 52.9 Å². The first-order valence-corrected chi connectivity index (χ1v) is 6.24. The second kappa shape index (κ2) is 5.27. The van der Waals surface area contributed by atoms with Crippen LogP contribution < -0.4 is 0 Å². The monoisotopic (exact) mass is 232 g/mol. The molecule has 1 aliphatic rings. The lowest BCUT2D eigenvalue weighted by Gasteiger charge is -2.33. The molecule has 3 unspecified atom stereocenters. The summed E-state index contributed by atoms with van der Waals surface area (Å²) in [4.78, 5) is 0. The molecule has 4 nitrogen and oxygen atoms in total. The van der Waals surface area contributed by atoms with Gasteiger partial charge in [-0.15, -0.1) is 0 Å². The number of hydrogen-bond acceptors (Lipinski definition) is 4. The van der Waals surface area contributed by atoms with Gasteiger partial charge in [0.05, 0.1) is 23.6 Å². The number of nitriles is 2. The van der Waals surface area contributed by atoms with Crippen LogP contribution in [0.25, 0.3) is 0 Å². The quantitative estimate of drug-likeness (QED) is 0.697. The average Bonchev–Trinajstić information content (AvgIpc) is 2.36. The van der Waals surface area contributed by atoms with Crippen LogP contribution in [0.4, 0.5) is 0 Å². The van der Waals surface area contributed by atoms with E-state index in [1.807, 2.05) is 13.8 Å². The lowest BCUT2D eigenvalue weighted by molar-refractivity contribution is 0.242. The van der Waals surface area contributed by atoms with Crippen LogP contribution in [0, 0.1) is 28.6 Å². The topological polar surface area (TPSA) is 72.3 Å². The summed E-state index contributed by atoms with van der Waals surface area (Å²) in [6.45, 7) is 5.69. The predicted octanol–water partition coefficient (Wildman–Crippen LogP) is 3.60. The molecular weight excluding hydrogens is 212 g/mol. The number of rotatable bonds is 3. The first kappa shape index (κ1) is 13.6. The maximum absolute atomic E-state index is 9.15. The van der Waals surface area contributed by atoms with Crippen LogP contribution in [0.2, 0.25) is 0 Å². The normalized spacial score (nSPS) is 32.6. The smallest absolute Gasteiger partial charge is 0.164 e. The minimum absolute atomic E-state index is 0.0696. The summed E-state index contributed by atoms with van der Waals surface area (Å²) in [5.41, 5.74) is -1.15. The van der Waals surface area contributed by atoms with Gasteiger partial charge in [-0.25, -0.2) is 0 Å². The van der Waals surface area contributed by atoms with Crippen LogP contribution in [0.3, 0.4) is 0 Å². The zero-order chi connectivity index (χ0) is 12.9. The third-order valence-electron chi connectivity index (χ3n) is 3.76. The Bertz CT molecular complexity index is 376. The van der Waals surface area contributed by atoms with Crippen molar-refractivity contribution < 1.29 is 0 Å². The molecule has 0 aromatic rings. The summed E-state index contributed by atoms with van der Waals surface area (Å²) < 4.78 is 0. The third kappa shape index (κ3) is 3.03. The molecule has 1 saturated carbocycles. The Morgan fingerprint density at radius 2 is 2.12 bits per heavy atom. The highest BCUT2D eigenvalue weighted by Crippen LogP contribution is 2.37. The van der Waals surface area contributed by atoms with Crippen LogP contribution in [-0.2, 0) is 0 Å². The van der Waals surface area contributed by atoms with Crippen molar-refractivity contribution >= 4 is 0 Å². The highest BCUT2D eigenvalue weighted by atomic mass is 15.2. The molecule has 0 aromatic carbocycles. The summed E-state index contributed by atoms with van der Waals surface area (Å²) in [7, 11) is 0. The van der Waals surface area contributed by atoms with Crippen molar-refractivity contribution in [2.45, 2.75) is 64.0 Å². The number of azo groups is 1. The Kier molecular flexibility index (Phi) is 4.23. The van der Waals surface area contributed by atoms with Crippen LogP contribution in [0.5, 0.6) is 0 Å². The Balaban J connectivity index is 2.88. The maximum Gasteiger partial charge on any atom is 0.164 e. The van der Waals surface area contributed by atoms with Gasteiger partial charge in [-0.1, -0.05) is 19.8 Å². The number of nitrogens with zero attached hydrogens (tertiary/aromatic N) is 4. The van der Waals surface area contributed by atoms with Gasteiger partial charge in [0, 0.05) is 0 Å². The van der Waals surface area contributed by atoms with Crippen molar-refractivity contribution in [3.8, 4) is 12.1 Å². The second-order valence-corrected chi connectivity index (χ2v) is 5.22. The molecule has 0 aliphatic heterocycles. The van der Waals surface area contributed by atoms with Crippen molar-refractivity contribution in [1.29, 1.82) is 10.5 Å². The third-order valence-corrected chi connectivity index (χ3v) is 3.76. The Morgan fingerprint density at radius 1 is 1.41 bits per heavy atom. The van der Waals surface area contributed by atoms with Crippen LogP contribution in [0.15, 0.2) is 10.2 Å². The van der Waals surface area contributed by atoms with Gasteiger partial charge in [-0.05, 0) is 33.1 Å². The fraction of sp³-hybridized carbons (Fsp3) is 0.846. The zero-order valence-electron chi connectivity index (χ0n) is 10.9. The molecule has 1 aliphatic carbocycles. The molecule has 4 heteroatoms. The van der Waals surface area contributed by atoms with Gasteiger partial charge in [-0.3, -0.25) is 0 Å². The minimum atomic E-state index is -0.750. The summed E-state index contributed by atoms with van der Waals surface area (Å²) in [6, 6.07) is 4.50. The fourth-order valence-corrected chi connectivity index (χ4v) is 2.04. The SMILES string of the molecule is CCC(C)(C#N)/N=N/C1(C)CCCCC1C#N. The maximum atomic E-state index is 9.15. The largest absolute Gasteiger partial charge is 0.198 e. The predicted molar refractivity (Wildman–Crippen MR) is 65.1 cm³/mol. The van der Waals surface area contributed by atoms with E-state index in [4.69, 9.17) is 10.5 Å². The lowest BCUT2D eigenvalue weighted by Crippen LogP contribution is -2.35. The van der Waals surface area contributed by atoms with E-state index in [2.05, 4.69) is 22.4 Å². The van der Waals surface area contributed by atoms with Gasteiger partial charge in [0.1, 0.15) is 0 Å². The van der Waals surface area contributed by atoms with E-state index in [1.54, 1.807) is 6.92 Å². The van der Waals surface area contributed by atoms with Gasteiger partial charge < -0.3 is 0 Å². The van der Waals surface area contributed by atoms with E-state index in [1.165, 1.54) is 0 Å². The molecule has 0 N–H and O–H groups in total. The molecule has 0 saturated heterocycles. The van der Waals surface area contributed by atoms with Gasteiger partial charge >= 0.3 is 0 Å². The molecule has 0 bridgehead atoms. The fourth-order valence-electron chi connectivity index (χ4n) is 2.04. The molecule has 0 amide bonds. The molecule has 0 radical (unpaired) electrons. The van der Waals surface area contributed by atoms with E-state index in [-0.39, 0.29) is 5.92 Å². The summed E-state index contributed by atoms with van der Waals surface area (Å²) in [5, 5.41) is 26.8. The van der Waals surface area contributed by atoms with E-state index in [0.717, 1.165) is 25.7 Å². The van der Waals surface area contributed by atoms with E-state index < -0.39 is 11.1 Å². The van der Waals surface area contributed by atoms with Gasteiger partial charge in [0.15, 0.2) is 5.54 Å². The summed E-state index contributed by atoms with van der Waals surface area (Å²) in [6.07, 6.45) is 4.59. The van der Waals surface area contributed by atoms with E-state index in [0.29, 0.717) is 6.42 Å². The Hall–Kier alpha value is -1.42. The molecule has 92 valence electrons. The van der Waals surface area contributed by atoms with Crippen molar-refractivity contribution in [2.24, 2.45) is 16.1 Å².